The van der Waals surface area contributed by atoms with Crippen molar-refractivity contribution in [1.29, 1.82) is 0 Å². The normalized spacial score (nSPS) is 12.0. The van der Waals surface area contributed by atoms with E-state index in [1.165, 1.54) is 6.66 Å². The number of rotatable bonds is 4. The minimum Gasteiger partial charge on any atom is -0.397 e. The molecule has 0 unspecified atom stereocenters. The molecule has 0 aliphatic carbocycles. The molecular weight excluding hydrogens is 455 g/mol. The summed E-state index contributed by atoms with van der Waals surface area (Å²) in [6, 6.07) is 27.6. The number of benzene rings is 4. The third-order valence-electron chi connectivity index (χ3n) is 6.30. The number of aromatic nitrogens is 2. The molecule has 5 nitrogen and oxygen atoms in total. The van der Waals surface area contributed by atoms with E-state index in [1.54, 1.807) is 0 Å². The van der Waals surface area contributed by atoms with Crippen LogP contribution >= 0.6 is 7.60 Å². The zero-order valence-electron chi connectivity index (χ0n) is 19.6. The second kappa shape index (κ2) is 8.07. The highest BCUT2D eigenvalue weighted by atomic mass is 31.2. The highest BCUT2D eigenvalue weighted by Gasteiger charge is 2.26. The van der Waals surface area contributed by atoms with Gasteiger partial charge in [0.1, 0.15) is 0 Å². The van der Waals surface area contributed by atoms with Crippen molar-refractivity contribution >= 4 is 50.9 Å². The SMILES string of the molecule is Cc1cccc2c(OP(C)(=O)Oc3nc4ccccc4c4c(C)cccc34)nc3ccccc3c12. The number of hydrogen-bond donors (Lipinski definition) is 0. The Balaban J connectivity index is 1.49. The van der Waals surface area contributed by atoms with Crippen LogP contribution in [0.15, 0.2) is 84.9 Å². The first-order valence-corrected chi connectivity index (χ1v) is 13.4. The van der Waals surface area contributed by atoms with Crippen LogP contribution in [-0.4, -0.2) is 16.6 Å². The molecule has 172 valence electrons. The van der Waals surface area contributed by atoms with Gasteiger partial charge in [-0.15, -0.1) is 0 Å². The first kappa shape index (κ1) is 21.6. The number of pyridine rings is 2. The number of para-hydroxylation sites is 2. The van der Waals surface area contributed by atoms with Crippen molar-refractivity contribution in [2.24, 2.45) is 0 Å². The third-order valence-corrected chi connectivity index (χ3v) is 7.31. The zero-order valence-corrected chi connectivity index (χ0v) is 20.5. The van der Waals surface area contributed by atoms with E-state index in [1.807, 2.05) is 98.8 Å². The fraction of sp³-hybridized carbons (Fsp3) is 0.103. The van der Waals surface area contributed by atoms with Crippen LogP contribution in [0, 0.1) is 13.8 Å². The molecule has 0 saturated heterocycles. The third kappa shape index (κ3) is 3.69. The largest absolute Gasteiger partial charge is 0.430 e. The van der Waals surface area contributed by atoms with Crippen molar-refractivity contribution in [2.45, 2.75) is 13.8 Å². The molecule has 0 N–H and O–H groups in total. The first-order valence-electron chi connectivity index (χ1n) is 11.4. The van der Waals surface area contributed by atoms with Gasteiger partial charge in [-0.3, -0.25) is 0 Å². The number of hydrogen-bond acceptors (Lipinski definition) is 5. The Bertz CT molecular complexity index is 1700. The van der Waals surface area contributed by atoms with E-state index < -0.39 is 7.60 Å². The predicted octanol–water partition coefficient (Wildman–Crippen LogP) is 7.99. The van der Waals surface area contributed by atoms with Gasteiger partial charge in [-0.05, 0) is 60.0 Å². The van der Waals surface area contributed by atoms with Gasteiger partial charge in [0.25, 0.3) is 0 Å². The van der Waals surface area contributed by atoms with Crippen LogP contribution in [-0.2, 0) is 4.57 Å². The van der Waals surface area contributed by atoms with E-state index in [4.69, 9.17) is 19.0 Å². The van der Waals surface area contributed by atoms with E-state index in [9.17, 15) is 4.57 Å². The summed E-state index contributed by atoms with van der Waals surface area (Å²) in [5, 5.41) is 5.69. The summed E-state index contributed by atoms with van der Waals surface area (Å²) in [6.45, 7) is 5.56. The molecule has 4 aromatic carbocycles. The summed E-state index contributed by atoms with van der Waals surface area (Å²) in [4.78, 5) is 9.41. The fourth-order valence-electron chi connectivity index (χ4n) is 4.78. The van der Waals surface area contributed by atoms with Crippen LogP contribution in [0.5, 0.6) is 11.8 Å². The summed E-state index contributed by atoms with van der Waals surface area (Å²) in [7, 11) is -3.66. The highest BCUT2D eigenvalue weighted by molar-refractivity contribution is 7.53. The Hall–Kier alpha value is -3.95. The molecule has 0 saturated carbocycles. The van der Waals surface area contributed by atoms with Gasteiger partial charge in [-0.1, -0.05) is 60.7 Å². The molecule has 0 radical (unpaired) electrons. The predicted molar refractivity (Wildman–Crippen MR) is 143 cm³/mol. The van der Waals surface area contributed by atoms with E-state index >= 15 is 0 Å². The lowest BCUT2D eigenvalue weighted by atomic mass is 10.0. The van der Waals surface area contributed by atoms with Crippen LogP contribution in [0.4, 0.5) is 0 Å². The van der Waals surface area contributed by atoms with Crippen molar-refractivity contribution in [1.82, 2.24) is 9.97 Å². The van der Waals surface area contributed by atoms with Crippen molar-refractivity contribution in [3.05, 3.63) is 96.1 Å². The van der Waals surface area contributed by atoms with Crippen LogP contribution in [0.25, 0.3) is 43.4 Å². The average Bonchev–Trinajstić information content (AvgIpc) is 2.84. The summed E-state index contributed by atoms with van der Waals surface area (Å²) in [5.41, 5.74) is 3.73. The topological polar surface area (TPSA) is 61.3 Å². The van der Waals surface area contributed by atoms with Gasteiger partial charge < -0.3 is 9.05 Å². The molecule has 0 atom stereocenters. The zero-order chi connectivity index (χ0) is 24.2. The number of aryl methyl sites for hydroxylation is 2. The maximum atomic E-state index is 13.8. The molecule has 0 amide bonds. The van der Waals surface area contributed by atoms with Crippen LogP contribution < -0.4 is 9.05 Å². The second-order valence-electron chi connectivity index (χ2n) is 8.82. The van der Waals surface area contributed by atoms with Crippen LogP contribution in [0.1, 0.15) is 11.1 Å². The maximum Gasteiger partial charge on any atom is 0.430 e. The smallest absolute Gasteiger partial charge is 0.397 e. The lowest BCUT2D eigenvalue weighted by Gasteiger charge is -2.19. The summed E-state index contributed by atoms with van der Waals surface area (Å²) < 4.78 is 25.9. The molecule has 0 spiro atoms. The van der Waals surface area contributed by atoms with Crippen LogP contribution in [0.3, 0.4) is 0 Å². The van der Waals surface area contributed by atoms with Crippen molar-refractivity contribution in [2.75, 3.05) is 6.66 Å². The lowest BCUT2D eigenvalue weighted by molar-refractivity contribution is 0.387. The van der Waals surface area contributed by atoms with Crippen molar-refractivity contribution in [3.63, 3.8) is 0 Å². The fourth-order valence-corrected chi connectivity index (χ4v) is 5.73. The maximum absolute atomic E-state index is 13.8. The van der Waals surface area contributed by atoms with Gasteiger partial charge in [-0.2, -0.15) is 0 Å². The first-order chi connectivity index (χ1) is 16.9. The Kier molecular flexibility index (Phi) is 4.98. The van der Waals surface area contributed by atoms with E-state index in [-0.39, 0.29) is 11.8 Å². The molecular formula is C29H23N2O3P. The van der Waals surface area contributed by atoms with Crippen molar-refractivity contribution < 1.29 is 13.6 Å². The molecule has 2 aromatic heterocycles. The van der Waals surface area contributed by atoms with E-state index in [2.05, 4.69) is 0 Å². The summed E-state index contributed by atoms with van der Waals surface area (Å²) in [5.74, 6) is 0.573. The molecule has 2 heterocycles. The van der Waals surface area contributed by atoms with Gasteiger partial charge in [0.15, 0.2) is 0 Å². The lowest BCUT2D eigenvalue weighted by Crippen LogP contribution is -2.03. The van der Waals surface area contributed by atoms with Gasteiger partial charge in [-0.25, -0.2) is 14.5 Å². The second-order valence-corrected chi connectivity index (χ2v) is 10.7. The molecule has 0 bridgehead atoms. The van der Waals surface area contributed by atoms with Gasteiger partial charge >= 0.3 is 7.60 Å². The standard InChI is InChI=1S/C29H23N2O3P/c1-18-10-8-14-22-26(18)20-12-4-6-16-24(20)30-28(22)33-35(3,32)34-29-23-15-9-11-19(2)27(23)21-13-5-7-17-25(21)31-29/h4-17H,1-3H3. The molecule has 35 heavy (non-hydrogen) atoms. The summed E-state index contributed by atoms with van der Waals surface area (Å²) in [6.07, 6.45) is 0. The molecule has 0 aliphatic heterocycles. The molecule has 6 aromatic rings. The molecule has 6 heteroatoms. The number of nitrogens with zero attached hydrogens (tertiary/aromatic N) is 2. The Morgan fingerprint density at radius 1 is 0.571 bits per heavy atom. The molecule has 0 fully saturated rings. The molecule has 6 rings (SSSR count). The monoisotopic (exact) mass is 478 g/mol. The summed E-state index contributed by atoms with van der Waals surface area (Å²) >= 11 is 0. The van der Waals surface area contributed by atoms with E-state index in [0.717, 1.165) is 54.5 Å². The van der Waals surface area contributed by atoms with Gasteiger partial charge in [0.05, 0.1) is 17.7 Å². The minimum absolute atomic E-state index is 0.287. The Labute approximate surface area is 202 Å². The minimum atomic E-state index is -3.66. The quantitative estimate of drug-likeness (QED) is 0.190. The Morgan fingerprint density at radius 3 is 1.43 bits per heavy atom. The van der Waals surface area contributed by atoms with E-state index in [0.29, 0.717) is 0 Å². The van der Waals surface area contributed by atoms with Gasteiger partial charge in [0, 0.05) is 21.5 Å². The number of fused-ring (bicyclic) bond motifs is 6. The van der Waals surface area contributed by atoms with Crippen LogP contribution in [0.2, 0.25) is 0 Å². The molecule has 0 aliphatic rings. The van der Waals surface area contributed by atoms with Crippen molar-refractivity contribution in [3.8, 4) is 11.8 Å². The van der Waals surface area contributed by atoms with Gasteiger partial charge in [0.2, 0.25) is 11.8 Å². The Morgan fingerprint density at radius 2 is 0.971 bits per heavy atom. The highest BCUT2D eigenvalue weighted by Crippen LogP contribution is 2.48. The average molecular weight is 478 g/mol.